The summed E-state index contributed by atoms with van der Waals surface area (Å²) in [6, 6.07) is 9.00. The van der Waals surface area contributed by atoms with Gasteiger partial charge in [0.25, 0.3) is 5.69 Å². The molecule has 0 bridgehead atoms. The Hall–Kier alpha value is -2.01. The van der Waals surface area contributed by atoms with Crippen molar-refractivity contribution in [2.75, 3.05) is 7.05 Å². The van der Waals surface area contributed by atoms with E-state index in [-0.39, 0.29) is 10.6 Å². The highest BCUT2D eigenvalue weighted by Crippen LogP contribution is 2.29. The maximum absolute atomic E-state index is 10.8. The first-order chi connectivity index (χ1) is 9.93. The van der Waals surface area contributed by atoms with E-state index in [1.807, 2.05) is 19.2 Å². The molecule has 1 heterocycles. The van der Waals surface area contributed by atoms with Crippen molar-refractivity contribution in [3.8, 4) is 0 Å². The van der Waals surface area contributed by atoms with Gasteiger partial charge in [-0.3, -0.25) is 15.1 Å². The first kappa shape index (κ1) is 15.4. The Morgan fingerprint density at radius 3 is 2.48 bits per heavy atom. The van der Waals surface area contributed by atoms with Crippen molar-refractivity contribution >= 4 is 16.6 Å². The number of hydrogen-bond acceptors (Lipinski definition) is 4. The predicted molar refractivity (Wildman–Crippen MR) is 84.5 cm³/mol. The van der Waals surface area contributed by atoms with Crippen molar-refractivity contribution in [1.82, 2.24) is 10.3 Å². The van der Waals surface area contributed by atoms with Crippen LogP contribution in [0.1, 0.15) is 32.4 Å². The Morgan fingerprint density at radius 2 is 1.90 bits per heavy atom. The number of nitro groups is 1. The zero-order valence-electron chi connectivity index (χ0n) is 12.8. The Kier molecular flexibility index (Phi) is 4.53. The van der Waals surface area contributed by atoms with Gasteiger partial charge >= 0.3 is 0 Å². The van der Waals surface area contributed by atoms with Crippen molar-refractivity contribution < 1.29 is 4.92 Å². The Balaban J connectivity index is 2.47. The van der Waals surface area contributed by atoms with E-state index in [0.717, 1.165) is 16.6 Å². The van der Waals surface area contributed by atoms with Gasteiger partial charge in [-0.1, -0.05) is 19.9 Å². The molecule has 0 saturated heterocycles. The summed E-state index contributed by atoms with van der Waals surface area (Å²) in [5.41, 5.74) is 1.92. The third-order valence-corrected chi connectivity index (χ3v) is 3.96. The van der Waals surface area contributed by atoms with Crippen LogP contribution < -0.4 is 5.32 Å². The smallest absolute Gasteiger partial charge is 0.270 e. The second-order valence-corrected chi connectivity index (χ2v) is 5.72. The molecule has 2 unspecified atom stereocenters. The highest BCUT2D eigenvalue weighted by Gasteiger charge is 2.23. The van der Waals surface area contributed by atoms with Crippen molar-refractivity contribution in [3.05, 3.63) is 46.1 Å². The molecule has 0 amide bonds. The van der Waals surface area contributed by atoms with E-state index < -0.39 is 0 Å². The molecule has 1 aromatic heterocycles. The first-order valence-corrected chi connectivity index (χ1v) is 7.16. The van der Waals surface area contributed by atoms with Gasteiger partial charge < -0.3 is 5.32 Å². The summed E-state index contributed by atoms with van der Waals surface area (Å²) in [7, 11) is 1.95. The lowest BCUT2D eigenvalue weighted by Gasteiger charge is -2.27. The number of pyridine rings is 1. The molecule has 0 radical (unpaired) electrons. The minimum Gasteiger partial charge on any atom is -0.317 e. The van der Waals surface area contributed by atoms with Gasteiger partial charge in [0, 0.05) is 35.2 Å². The van der Waals surface area contributed by atoms with Crippen molar-refractivity contribution in [2.45, 2.75) is 32.7 Å². The molecule has 1 aromatic carbocycles. The lowest BCUT2D eigenvalue weighted by Crippen LogP contribution is -2.32. The zero-order chi connectivity index (χ0) is 15.6. The normalized spacial score (nSPS) is 14.3. The topological polar surface area (TPSA) is 68.1 Å². The summed E-state index contributed by atoms with van der Waals surface area (Å²) in [5.74, 6) is 0.755. The lowest BCUT2D eigenvalue weighted by atomic mass is 9.86. The number of nitrogens with one attached hydrogen (secondary N) is 1. The van der Waals surface area contributed by atoms with Crippen LogP contribution in [-0.4, -0.2) is 23.0 Å². The molecule has 0 spiro atoms. The minimum atomic E-state index is -0.382. The van der Waals surface area contributed by atoms with Crippen LogP contribution in [-0.2, 0) is 0 Å². The van der Waals surface area contributed by atoms with Crippen molar-refractivity contribution in [1.29, 1.82) is 0 Å². The van der Waals surface area contributed by atoms with Crippen LogP contribution in [0.4, 0.5) is 5.69 Å². The fraction of sp³-hybridized carbons (Fsp3) is 0.438. The van der Waals surface area contributed by atoms with Gasteiger partial charge in [-0.25, -0.2) is 0 Å². The Morgan fingerprint density at radius 1 is 1.19 bits per heavy atom. The van der Waals surface area contributed by atoms with Gasteiger partial charge in [0.1, 0.15) is 0 Å². The SMILES string of the molecule is CNC(C)C(c1ccc2cc([N+](=O)[O-])ccc2n1)C(C)C. The van der Waals surface area contributed by atoms with Crippen molar-refractivity contribution in [2.24, 2.45) is 5.92 Å². The summed E-state index contributed by atoms with van der Waals surface area (Å²) >= 11 is 0. The van der Waals surface area contributed by atoms with E-state index in [2.05, 4.69) is 26.1 Å². The van der Waals surface area contributed by atoms with Gasteiger partial charge in [-0.05, 0) is 32.0 Å². The Labute approximate surface area is 124 Å². The summed E-state index contributed by atoms with van der Waals surface area (Å²) < 4.78 is 0. The third kappa shape index (κ3) is 3.19. The molecule has 0 aliphatic carbocycles. The molecule has 21 heavy (non-hydrogen) atoms. The standard InChI is InChI=1S/C16H21N3O2/c1-10(2)16(11(3)17-4)15-7-5-12-9-13(19(20)21)6-8-14(12)18-15/h5-11,16-17H,1-4H3. The van der Waals surface area contributed by atoms with Crippen LogP contribution in [0.25, 0.3) is 10.9 Å². The quantitative estimate of drug-likeness (QED) is 0.675. The minimum absolute atomic E-state index is 0.0982. The first-order valence-electron chi connectivity index (χ1n) is 7.16. The summed E-state index contributed by atoms with van der Waals surface area (Å²) in [6.07, 6.45) is 0. The fourth-order valence-electron chi connectivity index (χ4n) is 2.78. The average molecular weight is 287 g/mol. The molecule has 5 heteroatoms. The van der Waals surface area contributed by atoms with Gasteiger partial charge in [0.2, 0.25) is 0 Å². The van der Waals surface area contributed by atoms with Crippen LogP contribution in [0.2, 0.25) is 0 Å². The average Bonchev–Trinajstić information content (AvgIpc) is 2.46. The van der Waals surface area contributed by atoms with E-state index in [4.69, 9.17) is 4.98 Å². The molecule has 2 rings (SSSR count). The van der Waals surface area contributed by atoms with E-state index in [0.29, 0.717) is 17.9 Å². The molecule has 1 N–H and O–H groups in total. The highest BCUT2D eigenvalue weighted by molar-refractivity contribution is 5.81. The molecule has 112 valence electrons. The van der Waals surface area contributed by atoms with Gasteiger partial charge in [-0.2, -0.15) is 0 Å². The molecular weight excluding hydrogens is 266 g/mol. The van der Waals surface area contributed by atoms with E-state index in [1.54, 1.807) is 12.1 Å². The van der Waals surface area contributed by atoms with Crippen LogP contribution in [0, 0.1) is 16.0 Å². The summed E-state index contributed by atoms with van der Waals surface area (Å²) in [4.78, 5) is 15.1. The highest BCUT2D eigenvalue weighted by atomic mass is 16.6. The van der Waals surface area contributed by atoms with E-state index in [9.17, 15) is 10.1 Å². The van der Waals surface area contributed by atoms with Crippen LogP contribution >= 0.6 is 0 Å². The Bertz CT molecular complexity index is 655. The van der Waals surface area contributed by atoms with Gasteiger partial charge in [0.15, 0.2) is 0 Å². The van der Waals surface area contributed by atoms with E-state index in [1.165, 1.54) is 6.07 Å². The van der Waals surface area contributed by atoms with Crippen LogP contribution in [0.3, 0.4) is 0 Å². The largest absolute Gasteiger partial charge is 0.317 e. The number of non-ortho nitro benzene ring substituents is 1. The number of benzene rings is 1. The number of fused-ring (bicyclic) bond motifs is 1. The molecule has 0 aliphatic heterocycles. The third-order valence-electron chi connectivity index (χ3n) is 3.96. The summed E-state index contributed by atoms with van der Waals surface area (Å²) in [6.45, 7) is 6.51. The maximum atomic E-state index is 10.8. The zero-order valence-corrected chi connectivity index (χ0v) is 12.8. The predicted octanol–water partition coefficient (Wildman–Crippen LogP) is 3.49. The van der Waals surface area contributed by atoms with Crippen LogP contribution in [0.5, 0.6) is 0 Å². The molecule has 2 aromatic rings. The molecule has 2 atom stereocenters. The van der Waals surface area contributed by atoms with E-state index >= 15 is 0 Å². The van der Waals surface area contributed by atoms with Gasteiger partial charge in [-0.15, -0.1) is 0 Å². The van der Waals surface area contributed by atoms with Crippen LogP contribution in [0.15, 0.2) is 30.3 Å². The molecule has 0 aliphatic rings. The second kappa shape index (κ2) is 6.18. The van der Waals surface area contributed by atoms with Gasteiger partial charge in [0.05, 0.1) is 10.4 Å². The fourth-order valence-corrected chi connectivity index (χ4v) is 2.78. The second-order valence-electron chi connectivity index (χ2n) is 5.72. The number of aromatic nitrogens is 1. The number of nitrogens with zero attached hydrogens (tertiary/aromatic N) is 2. The number of hydrogen-bond donors (Lipinski definition) is 1. The molecule has 0 saturated carbocycles. The maximum Gasteiger partial charge on any atom is 0.270 e. The molecule has 5 nitrogen and oxygen atoms in total. The number of rotatable bonds is 5. The lowest BCUT2D eigenvalue weighted by molar-refractivity contribution is -0.384. The summed E-state index contributed by atoms with van der Waals surface area (Å²) in [5, 5.41) is 14.9. The molecular formula is C16H21N3O2. The molecule has 0 fully saturated rings. The number of likely N-dealkylation sites (N-methyl/N-ethyl adjacent to an activating group) is 1. The monoisotopic (exact) mass is 287 g/mol. The number of nitro benzene ring substituents is 1. The van der Waals surface area contributed by atoms with Crippen molar-refractivity contribution in [3.63, 3.8) is 0 Å².